The molecular weight excluding hydrogens is 336 g/mol. The average molecular weight is 353 g/mol. The molecule has 0 saturated carbocycles. The summed E-state index contributed by atoms with van der Waals surface area (Å²) in [6.07, 6.45) is 1.13. The molecule has 3 rings (SSSR count). The minimum atomic E-state index is -0.435. The first-order valence-electron chi connectivity index (χ1n) is 7.86. The molecule has 1 heterocycles. The summed E-state index contributed by atoms with van der Waals surface area (Å²) in [7, 11) is 0. The van der Waals surface area contributed by atoms with Crippen LogP contribution >= 0.6 is 11.6 Å². The second kappa shape index (κ2) is 8.31. The number of ether oxygens (including phenoxy) is 1. The van der Waals surface area contributed by atoms with Crippen LogP contribution in [0.4, 0.5) is 10.5 Å². The maximum absolute atomic E-state index is 12.7. The quantitative estimate of drug-likeness (QED) is 0.601. The van der Waals surface area contributed by atoms with E-state index in [4.69, 9.17) is 16.3 Å². The molecule has 0 aliphatic heterocycles. The first-order valence-corrected chi connectivity index (χ1v) is 8.24. The predicted octanol–water partition coefficient (Wildman–Crippen LogP) is 5.08. The van der Waals surface area contributed by atoms with Crippen molar-refractivity contribution in [2.24, 2.45) is 0 Å². The van der Waals surface area contributed by atoms with E-state index in [0.717, 1.165) is 11.1 Å². The molecule has 0 aliphatic carbocycles. The number of amides is 1. The van der Waals surface area contributed by atoms with Crippen LogP contribution in [0, 0.1) is 0 Å². The Bertz CT molecular complexity index is 825. The summed E-state index contributed by atoms with van der Waals surface area (Å²) in [5.41, 5.74) is 2.57. The minimum Gasteiger partial charge on any atom is -0.444 e. The van der Waals surface area contributed by atoms with Crippen LogP contribution < -0.4 is 4.90 Å². The monoisotopic (exact) mass is 352 g/mol. The lowest BCUT2D eigenvalue weighted by Crippen LogP contribution is -2.31. The fourth-order valence-electron chi connectivity index (χ4n) is 2.38. The molecule has 0 aliphatic rings. The third-order valence-electron chi connectivity index (χ3n) is 3.63. The zero-order valence-electron chi connectivity index (χ0n) is 13.5. The number of nitrogens with zero attached hydrogens (tertiary/aromatic N) is 2. The van der Waals surface area contributed by atoms with Crippen molar-refractivity contribution in [3.63, 3.8) is 0 Å². The van der Waals surface area contributed by atoms with E-state index in [1.807, 2.05) is 60.7 Å². The van der Waals surface area contributed by atoms with Gasteiger partial charge in [-0.15, -0.1) is 0 Å². The highest BCUT2D eigenvalue weighted by Crippen LogP contribution is 2.21. The molecule has 1 amide bonds. The number of hydrogen-bond acceptors (Lipinski definition) is 3. The Hall–Kier alpha value is -2.85. The molecule has 2 aromatic carbocycles. The lowest BCUT2D eigenvalue weighted by atomic mass is 10.2. The molecule has 0 radical (unpaired) electrons. The maximum Gasteiger partial charge on any atom is 0.414 e. The van der Waals surface area contributed by atoms with E-state index in [1.54, 1.807) is 23.2 Å². The number of hydrogen-bond donors (Lipinski definition) is 0. The first kappa shape index (κ1) is 17.0. The van der Waals surface area contributed by atoms with E-state index in [-0.39, 0.29) is 6.61 Å². The molecule has 126 valence electrons. The number of aromatic nitrogens is 1. The number of benzene rings is 2. The van der Waals surface area contributed by atoms with Gasteiger partial charge in [-0.3, -0.25) is 4.90 Å². The standard InChI is InChI=1S/C20H17ClN2O2/c21-19-13-18(11-12-22-19)23(14-16-7-3-1-4-8-16)20(24)25-15-17-9-5-2-6-10-17/h1-13H,14-15H2. The highest BCUT2D eigenvalue weighted by atomic mass is 35.5. The van der Waals surface area contributed by atoms with Crippen molar-refractivity contribution in [1.29, 1.82) is 0 Å². The highest BCUT2D eigenvalue weighted by molar-refractivity contribution is 6.29. The van der Waals surface area contributed by atoms with Gasteiger partial charge in [0, 0.05) is 6.20 Å². The number of pyridine rings is 1. The van der Waals surface area contributed by atoms with Gasteiger partial charge in [-0.1, -0.05) is 72.3 Å². The van der Waals surface area contributed by atoms with E-state index in [1.165, 1.54) is 0 Å². The fraction of sp³-hybridized carbons (Fsp3) is 0.100. The molecule has 0 fully saturated rings. The van der Waals surface area contributed by atoms with Crippen LogP contribution in [0.3, 0.4) is 0 Å². The second-order valence-corrected chi connectivity index (χ2v) is 5.84. The minimum absolute atomic E-state index is 0.212. The molecule has 0 spiro atoms. The van der Waals surface area contributed by atoms with Crippen LogP contribution in [0.5, 0.6) is 0 Å². The predicted molar refractivity (Wildman–Crippen MR) is 98.5 cm³/mol. The van der Waals surface area contributed by atoms with Crippen LogP contribution in [-0.2, 0) is 17.9 Å². The third kappa shape index (κ3) is 4.81. The number of halogens is 1. The van der Waals surface area contributed by atoms with E-state index in [2.05, 4.69) is 4.98 Å². The Balaban J connectivity index is 1.78. The van der Waals surface area contributed by atoms with Crippen molar-refractivity contribution in [2.75, 3.05) is 4.90 Å². The Morgan fingerprint density at radius 2 is 1.60 bits per heavy atom. The summed E-state index contributed by atoms with van der Waals surface area (Å²) in [5.74, 6) is 0. The van der Waals surface area contributed by atoms with Gasteiger partial charge in [-0.2, -0.15) is 0 Å². The Kier molecular flexibility index (Phi) is 5.65. The van der Waals surface area contributed by atoms with Crippen molar-refractivity contribution in [2.45, 2.75) is 13.2 Å². The lowest BCUT2D eigenvalue weighted by Gasteiger charge is -2.22. The molecule has 3 aromatic rings. The molecule has 1 aromatic heterocycles. The lowest BCUT2D eigenvalue weighted by molar-refractivity contribution is 0.146. The molecule has 25 heavy (non-hydrogen) atoms. The molecule has 0 N–H and O–H groups in total. The highest BCUT2D eigenvalue weighted by Gasteiger charge is 2.18. The van der Waals surface area contributed by atoms with Gasteiger partial charge in [0.15, 0.2) is 0 Å². The Labute approximate surface area is 151 Å². The zero-order valence-corrected chi connectivity index (χ0v) is 14.3. The van der Waals surface area contributed by atoms with Crippen LogP contribution in [0.1, 0.15) is 11.1 Å². The number of carbonyl (C=O) groups is 1. The number of rotatable bonds is 5. The molecule has 5 heteroatoms. The first-order chi connectivity index (χ1) is 12.2. The van der Waals surface area contributed by atoms with Gasteiger partial charge in [-0.25, -0.2) is 9.78 Å². The number of anilines is 1. The van der Waals surface area contributed by atoms with Crippen LogP contribution in [0.2, 0.25) is 5.15 Å². The fourth-order valence-corrected chi connectivity index (χ4v) is 2.55. The second-order valence-electron chi connectivity index (χ2n) is 5.45. The SMILES string of the molecule is O=C(OCc1ccccc1)N(Cc1ccccc1)c1ccnc(Cl)c1. The van der Waals surface area contributed by atoms with Crippen molar-refractivity contribution in [3.05, 3.63) is 95.3 Å². The van der Waals surface area contributed by atoms with Gasteiger partial charge in [-0.05, 0) is 23.3 Å². The smallest absolute Gasteiger partial charge is 0.414 e. The van der Waals surface area contributed by atoms with Gasteiger partial charge < -0.3 is 4.74 Å². The van der Waals surface area contributed by atoms with Gasteiger partial charge in [0.1, 0.15) is 11.8 Å². The van der Waals surface area contributed by atoms with Crippen LogP contribution in [0.15, 0.2) is 79.0 Å². The van der Waals surface area contributed by atoms with Crippen molar-refractivity contribution in [3.8, 4) is 0 Å². The Morgan fingerprint density at radius 3 is 2.24 bits per heavy atom. The third-order valence-corrected chi connectivity index (χ3v) is 3.84. The molecule has 0 saturated heterocycles. The summed E-state index contributed by atoms with van der Waals surface area (Å²) in [6, 6.07) is 22.7. The molecule has 0 unspecified atom stereocenters. The van der Waals surface area contributed by atoms with E-state index >= 15 is 0 Å². The molecule has 0 bridgehead atoms. The summed E-state index contributed by atoms with van der Waals surface area (Å²) >= 11 is 5.98. The van der Waals surface area contributed by atoms with Gasteiger partial charge >= 0.3 is 6.09 Å². The van der Waals surface area contributed by atoms with Crippen LogP contribution in [-0.4, -0.2) is 11.1 Å². The Morgan fingerprint density at radius 1 is 0.960 bits per heavy atom. The van der Waals surface area contributed by atoms with Gasteiger partial charge in [0.05, 0.1) is 12.2 Å². The summed E-state index contributed by atoms with van der Waals surface area (Å²) < 4.78 is 5.48. The molecule has 0 atom stereocenters. The summed E-state index contributed by atoms with van der Waals surface area (Å²) in [6.45, 7) is 0.596. The van der Waals surface area contributed by atoms with E-state index < -0.39 is 6.09 Å². The molecule has 4 nitrogen and oxygen atoms in total. The summed E-state index contributed by atoms with van der Waals surface area (Å²) in [5, 5.41) is 0.325. The van der Waals surface area contributed by atoms with Crippen molar-refractivity contribution >= 4 is 23.4 Å². The van der Waals surface area contributed by atoms with Crippen molar-refractivity contribution < 1.29 is 9.53 Å². The summed E-state index contributed by atoms with van der Waals surface area (Å²) in [4.78, 5) is 18.2. The normalized spacial score (nSPS) is 10.3. The average Bonchev–Trinajstić information content (AvgIpc) is 2.66. The molecular formula is C20H17ClN2O2. The van der Waals surface area contributed by atoms with Crippen LogP contribution in [0.25, 0.3) is 0 Å². The maximum atomic E-state index is 12.7. The van der Waals surface area contributed by atoms with Gasteiger partial charge in [0.25, 0.3) is 0 Å². The topological polar surface area (TPSA) is 42.4 Å². The van der Waals surface area contributed by atoms with Gasteiger partial charge in [0.2, 0.25) is 0 Å². The largest absolute Gasteiger partial charge is 0.444 e. The van der Waals surface area contributed by atoms with E-state index in [0.29, 0.717) is 17.4 Å². The van der Waals surface area contributed by atoms with Crippen molar-refractivity contribution in [1.82, 2.24) is 4.98 Å². The van der Waals surface area contributed by atoms with E-state index in [9.17, 15) is 4.79 Å². The zero-order chi connectivity index (χ0) is 17.5. The number of carbonyl (C=O) groups excluding carboxylic acids is 1.